The van der Waals surface area contributed by atoms with E-state index < -0.39 is 10.2 Å². The Hall–Kier alpha value is -0.430. The Bertz CT molecular complexity index is 336. The summed E-state index contributed by atoms with van der Waals surface area (Å²) >= 11 is 0. The molecule has 0 saturated heterocycles. The number of hydrogen-bond donors (Lipinski definition) is 1. The van der Waals surface area contributed by atoms with E-state index in [4.69, 9.17) is 9.88 Å². The maximum Gasteiger partial charge on any atom is 0.277 e. The van der Waals surface area contributed by atoms with Gasteiger partial charge in [-0.3, -0.25) is 0 Å². The molecule has 0 aromatic heterocycles. The molecule has 1 saturated carbocycles. The monoisotopic (exact) mass is 248 g/mol. The van der Waals surface area contributed by atoms with Crippen LogP contribution in [0.5, 0.6) is 0 Å². The fourth-order valence-corrected chi connectivity index (χ4v) is 3.28. The van der Waals surface area contributed by atoms with E-state index in [9.17, 15) is 8.42 Å². The zero-order chi connectivity index (χ0) is 12.3. The van der Waals surface area contributed by atoms with Gasteiger partial charge < -0.3 is 4.74 Å². The predicted octanol–water partition coefficient (Wildman–Crippen LogP) is 0.634. The van der Waals surface area contributed by atoms with E-state index in [0.29, 0.717) is 19.3 Å². The number of nitrogens with two attached hydrogens (primary N) is 1. The second-order valence-electron chi connectivity index (χ2n) is 4.23. The minimum atomic E-state index is -3.65. The number of nitrogens with zero attached hydrogens (tertiary/aromatic N) is 1. The smallest absolute Gasteiger partial charge is 0.277 e. The summed E-state index contributed by atoms with van der Waals surface area (Å²) in [5, 5.41) is 5.23. The van der Waals surface area contributed by atoms with Crippen LogP contribution in [0.3, 0.4) is 0 Å². The number of ether oxygens (including phenoxy) is 1. The Balaban J connectivity index is 2.70. The molecule has 0 aromatic rings. The molecule has 1 aliphatic rings. The highest BCUT2D eigenvalue weighted by Crippen LogP contribution is 2.31. The van der Waals surface area contributed by atoms with Crippen LogP contribution in [0.2, 0.25) is 0 Å². The zero-order valence-electron chi connectivity index (χ0n) is 9.80. The van der Waals surface area contributed by atoms with Gasteiger partial charge in [0, 0.05) is 19.2 Å². The molecule has 94 valence electrons. The topological polar surface area (TPSA) is 72.6 Å². The van der Waals surface area contributed by atoms with Gasteiger partial charge in [-0.05, 0) is 26.2 Å². The van der Waals surface area contributed by atoms with Crippen molar-refractivity contribution in [2.45, 2.75) is 44.4 Å². The molecular weight excluding hydrogens is 228 g/mol. The van der Waals surface area contributed by atoms with Crippen LogP contribution in [0.1, 0.15) is 26.2 Å². The highest BCUT2D eigenvalue weighted by Gasteiger charge is 2.40. The minimum Gasteiger partial charge on any atom is -0.381 e. The fourth-order valence-electron chi connectivity index (χ4n) is 2.10. The largest absolute Gasteiger partial charge is 0.381 e. The molecule has 0 heterocycles. The Labute approximate surface area is 97.4 Å². The van der Waals surface area contributed by atoms with Gasteiger partial charge in [-0.25, -0.2) is 5.14 Å². The second-order valence-corrected chi connectivity index (χ2v) is 5.68. The van der Waals surface area contributed by atoms with Gasteiger partial charge in [0.15, 0.2) is 0 Å². The summed E-state index contributed by atoms with van der Waals surface area (Å²) in [5.41, 5.74) is 0. The predicted molar refractivity (Wildman–Crippen MR) is 63.0 cm³/mol. The van der Waals surface area contributed by atoms with E-state index in [2.05, 4.69) is 6.58 Å². The third kappa shape index (κ3) is 3.04. The molecule has 1 atom stereocenters. The van der Waals surface area contributed by atoms with Gasteiger partial charge in [-0.1, -0.05) is 6.08 Å². The van der Waals surface area contributed by atoms with Crippen molar-refractivity contribution in [1.29, 1.82) is 0 Å². The molecule has 6 heteroatoms. The highest BCUT2D eigenvalue weighted by molar-refractivity contribution is 7.86. The third-order valence-electron chi connectivity index (χ3n) is 3.00. The third-order valence-corrected chi connectivity index (χ3v) is 4.24. The van der Waals surface area contributed by atoms with E-state index in [1.807, 2.05) is 6.92 Å². The van der Waals surface area contributed by atoms with Gasteiger partial charge in [-0.2, -0.15) is 12.7 Å². The summed E-state index contributed by atoms with van der Waals surface area (Å²) in [4.78, 5) is 0. The SMILES string of the molecule is C=CC[C@H](C)N([C@H]1C[C@@H](OC)C1)S(N)(=O)=O. The zero-order valence-corrected chi connectivity index (χ0v) is 10.6. The summed E-state index contributed by atoms with van der Waals surface area (Å²) in [6.45, 7) is 5.45. The quantitative estimate of drug-likeness (QED) is 0.701. The molecule has 0 unspecified atom stereocenters. The van der Waals surface area contributed by atoms with Crippen molar-refractivity contribution in [3.05, 3.63) is 12.7 Å². The summed E-state index contributed by atoms with van der Waals surface area (Å²) in [6, 6.07) is -0.176. The van der Waals surface area contributed by atoms with Crippen LogP contribution >= 0.6 is 0 Å². The summed E-state index contributed by atoms with van der Waals surface area (Å²) in [7, 11) is -2.01. The highest BCUT2D eigenvalue weighted by atomic mass is 32.2. The first-order chi connectivity index (χ1) is 7.40. The summed E-state index contributed by atoms with van der Waals surface area (Å²) in [5.74, 6) is 0. The average Bonchev–Trinajstić information content (AvgIpc) is 2.08. The van der Waals surface area contributed by atoms with Gasteiger partial charge >= 0.3 is 0 Å². The lowest BCUT2D eigenvalue weighted by molar-refractivity contribution is -0.0107. The van der Waals surface area contributed by atoms with Crippen molar-refractivity contribution in [1.82, 2.24) is 4.31 Å². The van der Waals surface area contributed by atoms with E-state index in [1.165, 1.54) is 4.31 Å². The van der Waals surface area contributed by atoms with Crippen molar-refractivity contribution < 1.29 is 13.2 Å². The van der Waals surface area contributed by atoms with Crippen molar-refractivity contribution in [2.75, 3.05) is 7.11 Å². The summed E-state index contributed by atoms with van der Waals surface area (Å²) < 4.78 is 29.5. The first-order valence-electron chi connectivity index (χ1n) is 5.35. The van der Waals surface area contributed by atoms with Crippen molar-refractivity contribution in [3.63, 3.8) is 0 Å². The molecular formula is C10H20N2O3S. The van der Waals surface area contributed by atoms with E-state index in [1.54, 1.807) is 13.2 Å². The average molecular weight is 248 g/mol. The number of hydrogen-bond acceptors (Lipinski definition) is 3. The normalized spacial score (nSPS) is 27.5. The van der Waals surface area contributed by atoms with Crippen LogP contribution in [0.15, 0.2) is 12.7 Å². The van der Waals surface area contributed by atoms with Crippen molar-refractivity contribution >= 4 is 10.2 Å². The number of rotatable bonds is 6. The minimum absolute atomic E-state index is 0.0325. The molecule has 0 aromatic carbocycles. The molecule has 5 nitrogen and oxygen atoms in total. The molecule has 1 fully saturated rings. The van der Waals surface area contributed by atoms with Crippen LogP contribution < -0.4 is 5.14 Å². The molecule has 1 aliphatic carbocycles. The van der Waals surface area contributed by atoms with Gasteiger partial charge in [0.1, 0.15) is 0 Å². The first kappa shape index (κ1) is 13.6. The van der Waals surface area contributed by atoms with Gasteiger partial charge in [0.25, 0.3) is 10.2 Å². The van der Waals surface area contributed by atoms with Gasteiger partial charge in [0.05, 0.1) is 6.10 Å². The van der Waals surface area contributed by atoms with E-state index >= 15 is 0 Å². The lowest BCUT2D eigenvalue weighted by Gasteiger charge is -2.42. The molecule has 16 heavy (non-hydrogen) atoms. The molecule has 0 spiro atoms. The lowest BCUT2D eigenvalue weighted by Crippen LogP contribution is -2.55. The Kier molecular flexibility index (Phi) is 4.49. The lowest BCUT2D eigenvalue weighted by atomic mass is 9.88. The molecule has 0 amide bonds. The van der Waals surface area contributed by atoms with Crippen LogP contribution in [-0.4, -0.2) is 38.0 Å². The number of methoxy groups -OCH3 is 1. The second kappa shape index (κ2) is 5.27. The molecule has 0 radical (unpaired) electrons. The Morgan fingerprint density at radius 1 is 1.62 bits per heavy atom. The summed E-state index contributed by atoms with van der Waals surface area (Å²) in [6.07, 6.45) is 3.90. The molecule has 0 aliphatic heterocycles. The van der Waals surface area contributed by atoms with E-state index in [-0.39, 0.29) is 18.2 Å². The van der Waals surface area contributed by atoms with Crippen LogP contribution in [0.4, 0.5) is 0 Å². The maximum atomic E-state index is 11.5. The van der Waals surface area contributed by atoms with Crippen molar-refractivity contribution in [3.8, 4) is 0 Å². The molecule has 1 rings (SSSR count). The van der Waals surface area contributed by atoms with Crippen molar-refractivity contribution in [2.24, 2.45) is 5.14 Å². The molecule has 0 bridgehead atoms. The van der Waals surface area contributed by atoms with Gasteiger partial charge in [-0.15, -0.1) is 6.58 Å². The maximum absolute atomic E-state index is 11.5. The Morgan fingerprint density at radius 3 is 2.56 bits per heavy atom. The standard InChI is InChI=1S/C10H20N2O3S/c1-4-5-8(2)12(16(11,13)14)9-6-10(7-9)15-3/h4,8-10H,1,5-7H2,2-3H3,(H2,11,13,14)/t8-,9-,10+/m0/s1. The molecule has 2 N–H and O–H groups in total. The van der Waals surface area contributed by atoms with E-state index in [0.717, 1.165) is 0 Å². The Morgan fingerprint density at radius 2 is 2.19 bits per heavy atom. The van der Waals surface area contributed by atoms with Crippen LogP contribution in [0.25, 0.3) is 0 Å². The van der Waals surface area contributed by atoms with Crippen LogP contribution in [0, 0.1) is 0 Å². The van der Waals surface area contributed by atoms with Gasteiger partial charge in [0.2, 0.25) is 0 Å². The fraction of sp³-hybridized carbons (Fsp3) is 0.800. The van der Waals surface area contributed by atoms with Crippen LogP contribution in [-0.2, 0) is 14.9 Å². The first-order valence-corrected chi connectivity index (χ1v) is 6.85.